The van der Waals surface area contributed by atoms with Crippen molar-refractivity contribution in [2.45, 2.75) is 6.42 Å². The molecule has 124 valence electrons. The van der Waals surface area contributed by atoms with Crippen molar-refractivity contribution in [1.82, 2.24) is 0 Å². The largest absolute Gasteiger partial charge is 0.507 e. The Morgan fingerprint density at radius 2 is 1.54 bits per heavy atom. The lowest BCUT2D eigenvalue weighted by Crippen LogP contribution is -2.13. The summed E-state index contributed by atoms with van der Waals surface area (Å²) in [6.07, 6.45) is -0.219. The van der Waals surface area contributed by atoms with E-state index in [-0.39, 0.29) is 12.0 Å². The molecule has 5 N–H and O–H groups in total. The molecule has 0 saturated heterocycles. The fourth-order valence-corrected chi connectivity index (χ4v) is 2.06. The molecular formula is C16H13NO7. The molecule has 1 amide bonds. The van der Waals surface area contributed by atoms with Gasteiger partial charge in [0, 0.05) is 5.69 Å². The Morgan fingerprint density at radius 1 is 0.917 bits per heavy atom. The van der Waals surface area contributed by atoms with E-state index >= 15 is 0 Å². The van der Waals surface area contributed by atoms with E-state index < -0.39 is 34.9 Å². The summed E-state index contributed by atoms with van der Waals surface area (Å²) < 4.78 is 0. The molecule has 0 radical (unpaired) electrons. The van der Waals surface area contributed by atoms with Gasteiger partial charge in [0.2, 0.25) is 0 Å². The van der Waals surface area contributed by atoms with Gasteiger partial charge in [-0.15, -0.1) is 0 Å². The number of aromatic hydroxyl groups is 2. The Hall–Kier alpha value is -3.55. The number of aliphatic carboxylic acids is 1. The van der Waals surface area contributed by atoms with Gasteiger partial charge in [-0.05, 0) is 29.8 Å². The van der Waals surface area contributed by atoms with Crippen molar-refractivity contribution in [2.24, 2.45) is 0 Å². The first kappa shape index (κ1) is 16.8. The number of hydrogen-bond acceptors (Lipinski definition) is 5. The molecule has 0 saturated carbocycles. The minimum atomic E-state index is -1.45. The minimum absolute atomic E-state index is 0.219. The molecule has 2 aromatic rings. The second-order valence-corrected chi connectivity index (χ2v) is 4.92. The van der Waals surface area contributed by atoms with Gasteiger partial charge < -0.3 is 25.7 Å². The third-order valence-corrected chi connectivity index (χ3v) is 3.13. The number of benzene rings is 2. The molecule has 8 heteroatoms. The van der Waals surface area contributed by atoms with Crippen molar-refractivity contribution in [3.63, 3.8) is 0 Å². The summed E-state index contributed by atoms with van der Waals surface area (Å²) in [4.78, 5) is 33.7. The zero-order valence-corrected chi connectivity index (χ0v) is 12.2. The summed E-state index contributed by atoms with van der Waals surface area (Å²) >= 11 is 0. The number of amides is 1. The summed E-state index contributed by atoms with van der Waals surface area (Å²) in [6.45, 7) is 0. The van der Waals surface area contributed by atoms with Gasteiger partial charge in [-0.25, -0.2) is 4.79 Å². The van der Waals surface area contributed by atoms with Gasteiger partial charge in [0.15, 0.2) is 0 Å². The highest BCUT2D eigenvalue weighted by molar-refractivity contribution is 6.07. The molecule has 0 bridgehead atoms. The SMILES string of the molecule is O=C(O)Cc1cccc(NC(=O)c2cc(O)c(C(=O)O)cc2O)c1. The van der Waals surface area contributed by atoms with Crippen LogP contribution < -0.4 is 5.32 Å². The van der Waals surface area contributed by atoms with Crippen molar-refractivity contribution < 1.29 is 34.8 Å². The number of carboxylic acid groups (broad SMARTS) is 2. The van der Waals surface area contributed by atoms with E-state index in [0.717, 1.165) is 12.1 Å². The van der Waals surface area contributed by atoms with Crippen LogP contribution in [0.4, 0.5) is 5.69 Å². The molecule has 2 rings (SSSR count). The van der Waals surface area contributed by atoms with Crippen molar-refractivity contribution in [3.05, 3.63) is 53.1 Å². The predicted molar refractivity (Wildman–Crippen MR) is 82.5 cm³/mol. The number of carbonyl (C=O) groups is 3. The molecule has 0 aromatic heterocycles. The Kier molecular flexibility index (Phi) is 4.69. The third-order valence-electron chi connectivity index (χ3n) is 3.13. The standard InChI is InChI=1S/C16H13NO7/c18-12-7-11(16(23)24)13(19)6-10(12)15(22)17-9-3-1-2-8(4-9)5-14(20)21/h1-4,6-7,18-19H,5H2,(H,17,22)(H,20,21)(H,23,24). The summed E-state index contributed by atoms with van der Waals surface area (Å²) in [7, 11) is 0. The van der Waals surface area contributed by atoms with Crippen molar-refractivity contribution in [3.8, 4) is 11.5 Å². The molecule has 2 aromatic carbocycles. The van der Waals surface area contributed by atoms with Crippen LogP contribution in [0.25, 0.3) is 0 Å². The van der Waals surface area contributed by atoms with Crippen LogP contribution in [-0.2, 0) is 11.2 Å². The van der Waals surface area contributed by atoms with Crippen LogP contribution in [0.15, 0.2) is 36.4 Å². The number of hydrogen-bond donors (Lipinski definition) is 5. The van der Waals surface area contributed by atoms with Crippen molar-refractivity contribution in [1.29, 1.82) is 0 Å². The second-order valence-electron chi connectivity index (χ2n) is 4.92. The van der Waals surface area contributed by atoms with E-state index in [1.54, 1.807) is 12.1 Å². The van der Waals surface area contributed by atoms with Crippen LogP contribution in [0.3, 0.4) is 0 Å². The van der Waals surface area contributed by atoms with Gasteiger partial charge in [0.05, 0.1) is 12.0 Å². The second kappa shape index (κ2) is 6.69. The van der Waals surface area contributed by atoms with Crippen molar-refractivity contribution in [2.75, 3.05) is 5.32 Å². The molecule has 0 spiro atoms. The maximum absolute atomic E-state index is 12.2. The van der Waals surface area contributed by atoms with E-state index in [0.29, 0.717) is 11.3 Å². The number of rotatable bonds is 5. The monoisotopic (exact) mass is 331 g/mol. The van der Waals surface area contributed by atoms with E-state index in [9.17, 15) is 24.6 Å². The van der Waals surface area contributed by atoms with Gasteiger partial charge in [-0.2, -0.15) is 0 Å². The van der Waals surface area contributed by atoms with Gasteiger partial charge in [-0.1, -0.05) is 12.1 Å². The van der Waals surface area contributed by atoms with Crippen molar-refractivity contribution >= 4 is 23.5 Å². The fourth-order valence-electron chi connectivity index (χ4n) is 2.06. The maximum Gasteiger partial charge on any atom is 0.339 e. The summed E-state index contributed by atoms with van der Waals surface area (Å²) in [6, 6.07) is 7.72. The smallest absolute Gasteiger partial charge is 0.339 e. The average molecular weight is 331 g/mol. The summed E-state index contributed by atoms with van der Waals surface area (Å²) in [5, 5.41) is 39.4. The van der Waals surface area contributed by atoms with Crippen LogP contribution in [-0.4, -0.2) is 38.3 Å². The van der Waals surface area contributed by atoms with Crippen LogP contribution in [0, 0.1) is 0 Å². The molecule has 8 nitrogen and oxygen atoms in total. The first-order chi connectivity index (χ1) is 11.3. The molecule has 0 heterocycles. The number of phenols is 2. The first-order valence-electron chi connectivity index (χ1n) is 6.69. The summed E-state index contributed by atoms with van der Waals surface area (Å²) in [5.74, 6) is -4.52. The predicted octanol–water partition coefficient (Wildman–Crippen LogP) is 1.68. The quantitative estimate of drug-likeness (QED) is 0.524. The number of phenolic OH excluding ortho intramolecular Hbond substituents is 1. The highest BCUT2D eigenvalue weighted by Crippen LogP contribution is 2.28. The van der Waals surface area contributed by atoms with Crippen LogP contribution >= 0.6 is 0 Å². The maximum atomic E-state index is 12.2. The zero-order valence-electron chi connectivity index (χ0n) is 12.2. The Labute approximate surface area is 135 Å². The Morgan fingerprint density at radius 3 is 2.17 bits per heavy atom. The summed E-state index contributed by atoms with van der Waals surface area (Å²) in [5.41, 5.74) is -0.0952. The normalized spacial score (nSPS) is 10.2. The lowest BCUT2D eigenvalue weighted by atomic mass is 10.1. The molecule has 24 heavy (non-hydrogen) atoms. The highest BCUT2D eigenvalue weighted by Gasteiger charge is 2.18. The van der Waals surface area contributed by atoms with Gasteiger partial charge in [0.25, 0.3) is 5.91 Å². The lowest BCUT2D eigenvalue weighted by molar-refractivity contribution is -0.136. The van der Waals surface area contributed by atoms with E-state index in [1.807, 2.05) is 0 Å². The molecule has 0 atom stereocenters. The Balaban J connectivity index is 2.26. The fraction of sp³-hybridized carbons (Fsp3) is 0.0625. The number of carbonyl (C=O) groups excluding carboxylic acids is 1. The first-order valence-corrected chi connectivity index (χ1v) is 6.69. The molecule has 0 fully saturated rings. The molecule has 0 aliphatic rings. The Bertz CT molecular complexity index is 829. The van der Waals surface area contributed by atoms with Gasteiger partial charge >= 0.3 is 11.9 Å². The highest BCUT2D eigenvalue weighted by atomic mass is 16.4. The van der Waals surface area contributed by atoms with Gasteiger partial charge in [0.1, 0.15) is 17.1 Å². The number of nitrogens with one attached hydrogen (secondary N) is 1. The zero-order chi connectivity index (χ0) is 17.9. The van der Waals surface area contributed by atoms with Crippen LogP contribution in [0.5, 0.6) is 11.5 Å². The van der Waals surface area contributed by atoms with E-state index in [1.165, 1.54) is 12.1 Å². The minimum Gasteiger partial charge on any atom is -0.507 e. The number of carboxylic acids is 2. The van der Waals surface area contributed by atoms with Crippen LogP contribution in [0.2, 0.25) is 0 Å². The average Bonchev–Trinajstić information content (AvgIpc) is 2.48. The lowest BCUT2D eigenvalue weighted by Gasteiger charge is -2.09. The molecular weight excluding hydrogens is 318 g/mol. The van der Waals surface area contributed by atoms with E-state index in [4.69, 9.17) is 10.2 Å². The topological polar surface area (TPSA) is 144 Å². The van der Waals surface area contributed by atoms with E-state index in [2.05, 4.69) is 5.32 Å². The van der Waals surface area contributed by atoms with Gasteiger partial charge in [-0.3, -0.25) is 9.59 Å². The molecule has 0 aliphatic carbocycles. The molecule has 0 aliphatic heterocycles. The third kappa shape index (κ3) is 3.80. The number of anilines is 1. The number of aromatic carboxylic acids is 1. The van der Waals surface area contributed by atoms with Crippen LogP contribution in [0.1, 0.15) is 26.3 Å². The molecule has 0 unspecified atom stereocenters.